The van der Waals surface area contributed by atoms with Crippen molar-refractivity contribution >= 4 is 26.9 Å². The SMILES string of the molecule is Cc1cc(S(=O)(=O)Nc2ccc(Oc3ccnc4[nH]c(=O)[nH]c34)cc2)c(C(F)(F)F)o1. The molecule has 0 aliphatic heterocycles. The maximum Gasteiger partial charge on any atom is 0.450 e. The standard InChI is InChI=1S/C18H13F3N4O5S/c1-9-8-13(15(29-9)18(19,20)21)31(27,28)25-10-2-4-11(5-3-10)30-12-6-7-22-16-14(12)23-17(26)24-16/h2-8,25H,1H3,(H2,22,23,24,26). The fourth-order valence-corrected chi connectivity index (χ4v) is 4.09. The van der Waals surface area contributed by atoms with E-state index in [1.807, 2.05) is 0 Å². The minimum Gasteiger partial charge on any atom is -0.455 e. The number of H-pyrrole nitrogens is 2. The Morgan fingerprint density at radius 2 is 1.84 bits per heavy atom. The van der Waals surface area contributed by atoms with Crippen molar-refractivity contribution in [3.05, 3.63) is 64.6 Å². The summed E-state index contributed by atoms with van der Waals surface area (Å²) >= 11 is 0. The van der Waals surface area contributed by atoms with E-state index in [1.165, 1.54) is 43.5 Å². The van der Waals surface area contributed by atoms with Gasteiger partial charge < -0.3 is 14.1 Å². The van der Waals surface area contributed by atoms with Crippen molar-refractivity contribution in [2.24, 2.45) is 0 Å². The largest absolute Gasteiger partial charge is 0.455 e. The Morgan fingerprint density at radius 3 is 2.52 bits per heavy atom. The summed E-state index contributed by atoms with van der Waals surface area (Å²) in [7, 11) is -4.56. The van der Waals surface area contributed by atoms with Gasteiger partial charge in [-0.25, -0.2) is 18.2 Å². The number of hydrogen-bond donors (Lipinski definition) is 3. The highest BCUT2D eigenvalue weighted by molar-refractivity contribution is 7.92. The topological polar surface area (TPSA) is 130 Å². The summed E-state index contributed by atoms with van der Waals surface area (Å²) in [4.78, 5) is 19.4. The van der Waals surface area contributed by atoms with Gasteiger partial charge in [-0.1, -0.05) is 0 Å². The molecule has 0 bridgehead atoms. The molecule has 0 amide bonds. The summed E-state index contributed by atoms with van der Waals surface area (Å²) in [6.45, 7) is 1.22. The fraction of sp³-hybridized carbons (Fsp3) is 0.111. The Hall–Kier alpha value is -3.74. The zero-order valence-corrected chi connectivity index (χ0v) is 16.4. The van der Waals surface area contributed by atoms with Crippen LogP contribution in [0.2, 0.25) is 0 Å². The molecule has 9 nitrogen and oxygen atoms in total. The van der Waals surface area contributed by atoms with E-state index in [0.29, 0.717) is 16.9 Å². The van der Waals surface area contributed by atoms with Gasteiger partial charge in [0, 0.05) is 24.0 Å². The maximum absolute atomic E-state index is 13.1. The normalized spacial score (nSPS) is 12.3. The van der Waals surface area contributed by atoms with Crippen LogP contribution in [-0.4, -0.2) is 23.4 Å². The second-order valence-corrected chi connectivity index (χ2v) is 8.04. The number of aromatic amines is 2. The number of benzene rings is 1. The maximum atomic E-state index is 13.1. The van der Waals surface area contributed by atoms with Gasteiger partial charge in [0.1, 0.15) is 21.9 Å². The predicted molar refractivity (Wildman–Crippen MR) is 102 cm³/mol. The number of anilines is 1. The van der Waals surface area contributed by atoms with Crippen molar-refractivity contribution in [1.29, 1.82) is 0 Å². The number of nitrogens with zero attached hydrogens (tertiary/aromatic N) is 1. The van der Waals surface area contributed by atoms with Crippen LogP contribution in [0.15, 0.2) is 56.7 Å². The first-order chi connectivity index (χ1) is 14.5. The Balaban J connectivity index is 1.57. The summed E-state index contributed by atoms with van der Waals surface area (Å²) < 4.78 is 76.4. The third kappa shape index (κ3) is 4.12. The monoisotopic (exact) mass is 454 g/mol. The second-order valence-electron chi connectivity index (χ2n) is 6.39. The van der Waals surface area contributed by atoms with E-state index in [4.69, 9.17) is 4.74 Å². The number of sulfonamides is 1. The minimum atomic E-state index is -4.97. The number of ether oxygens (including phenoxy) is 1. The summed E-state index contributed by atoms with van der Waals surface area (Å²) in [5.74, 6) is -1.21. The first-order valence-electron chi connectivity index (χ1n) is 8.58. The molecular weight excluding hydrogens is 441 g/mol. The summed E-state index contributed by atoms with van der Waals surface area (Å²) in [6.07, 6.45) is -3.54. The van der Waals surface area contributed by atoms with Crippen LogP contribution in [0.4, 0.5) is 18.9 Å². The lowest BCUT2D eigenvalue weighted by atomic mass is 10.3. The molecule has 0 saturated carbocycles. The van der Waals surface area contributed by atoms with Crippen LogP contribution in [0, 0.1) is 6.92 Å². The number of hydrogen-bond acceptors (Lipinski definition) is 6. The molecule has 0 aliphatic rings. The molecule has 13 heteroatoms. The molecule has 0 fully saturated rings. The van der Waals surface area contributed by atoms with Crippen molar-refractivity contribution in [2.75, 3.05) is 4.72 Å². The van der Waals surface area contributed by atoms with Crippen molar-refractivity contribution in [1.82, 2.24) is 15.0 Å². The van der Waals surface area contributed by atoms with Crippen LogP contribution >= 0.6 is 0 Å². The molecule has 0 spiro atoms. The van der Waals surface area contributed by atoms with Crippen LogP contribution in [0.5, 0.6) is 11.5 Å². The highest BCUT2D eigenvalue weighted by Crippen LogP contribution is 2.37. The average molecular weight is 454 g/mol. The third-order valence-electron chi connectivity index (χ3n) is 4.09. The molecule has 1 aromatic carbocycles. The first kappa shape index (κ1) is 20.5. The van der Waals surface area contributed by atoms with Crippen molar-refractivity contribution < 1.29 is 30.7 Å². The van der Waals surface area contributed by atoms with Gasteiger partial charge in [-0.15, -0.1) is 0 Å². The Kier molecular flexibility index (Phi) is 4.76. The Labute approximate surface area is 171 Å². The Morgan fingerprint density at radius 1 is 1.13 bits per heavy atom. The average Bonchev–Trinajstić information content (AvgIpc) is 3.26. The van der Waals surface area contributed by atoms with E-state index >= 15 is 0 Å². The molecule has 0 saturated heterocycles. The highest BCUT2D eigenvalue weighted by atomic mass is 32.2. The second kappa shape index (κ2) is 7.19. The van der Waals surface area contributed by atoms with E-state index in [2.05, 4.69) is 24.1 Å². The number of rotatable bonds is 5. The first-order valence-corrected chi connectivity index (χ1v) is 10.1. The van der Waals surface area contributed by atoms with Gasteiger partial charge in [0.05, 0.1) is 0 Å². The smallest absolute Gasteiger partial charge is 0.450 e. The minimum absolute atomic E-state index is 0.00857. The van der Waals surface area contributed by atoms with Gasteiger partial charge in [-0.3, -0.25) is 9.71 Å². The van der Waals surface area contributed by atoms with E-state index in [9.17, 15) is 26.4 Å². The predicted octanol–water partition coefficient (Wildman–Crippen LogP) is 3.76. The summed E-state index contributed by atoms with van der Waals surface area (Å²) in [5, 5.41) is 0. The number of nitrogens with one attached hydrogen (secondary N) is 3. The number of fused-ring (bicyclic) bond motifs is 1. The Bertz CT molecular complexity index is 1420. The van der Waals surface area contributed by atoms with Gasteiger partial charge in [-0.2, -0.15) is 13.2 Å². The molecule has 0 atom stereocenters. The van der Waals surface area contributed by atoms with Crippen LogP contribution in [0.1, 0.15) is 11.5 Å². The molecule has 4 rings (SSSR count). The lowest BCUT2D eigenvalue weighted by Gasteiger charge is -2.11. The van der Waals surface area contributed by atoms with E-state index in [0.717, 1.165) is 6.07 Å². The van der Waals surface area contributed by atoms with Crippen molar-refractivity contribution in [3.63, 3.8) is 0 Å². The number of aryl methyl sites for hydroxylation is 1. The molecule has 0 aliphatic carbocycles. The van der Waals surface area contributed by atoms with Crippen LogP contribution in [0.3, 0.4) is 0 Å². The van der Waals surface area contributed by atoms with E-state index in [1.54, 1.807) is 0 Å². The third-order valence-corrected chi connectivity index (χ3v) is 5.47. The molecule has 3 N–H and O–H groups in total. The molecule has 162 valence electrons. The molecule has 3 heterocycles. The summed E-state index contributed by atoms with van der Waals surface area (Å²) in [5.41, 5.74) is 0.181. The van der Waals surface area contributed by atoms with Crippen LogP contribution in [0.25, 0.3) is 11.2 Å². The number of furan rings is 1. The van der Waals surface area contributed by atoms with E-state index in [-0.39, 0.29) is 17.2 Å². The lowest BCUT2D eigenvalue weighted by molar-refractivity contribution is -0.155. The molecule has 4 aromatic rings. The zero-order valence-electron chi connectivity index (χ0n) is 15.6. The van der Waals surface area contributed by atoms with Crippen LogP contribution in [-0.2, 0) is 16.2 Å². The molecule has 31 heavy (non-hydrogen) atoms. The molecule has 0 unspecified atom stereocenters. The van der Waals surface area contributed by atoms with Crippen LogP contribution < -0.4 is 15.1 Å². The van der Waals surface area contributed by atoms with Gasteiger partial charge in [-0.05, 0) is 31.2 Å². The molecule has 0 radical (unpaired) electrons. The number of halogens is 3. The summed E-state index contributed by atoms with van der Waals surface area (Å²) in [6, 6.07) is 7.74. The number of aromatic nitrogens is 3. The van der Waals surface area contributed by atoms with Crippen molar-refractivity contribution in [2.45, 2.75) is 18.0 Å². The number of alkyl halides is 3. The highest BCUT2D eigenvalue weighted by Gasteiger charge is 2.42. The van der Waals surface area contributed by atoms with E-state index < -0.39 is 32.5 Å². The number of pyridine rings is 1. The van der Waals surface area contributed by atoms with Gasteiger partial charge in [0.2, 0.25) is 5.76 Å². The lowest BCUT2D eigenvalue weighted by Crippen LogP contribution is -2.17. The zero-order chi connectivity index (χ0) is 22.4. The molecular formula is C18H13F3N4O5S. The van der Waals surface area contributed by atoms with Gasteiger partial charge in [0.15, 0.2) is 11.4 Å². The van der Waals surface area contributed by atoms with Gasteiger partial charge in [0.25, 0.3) is 10.0 Å². The quantitative estimate of drug-likeness (QED) is 0.421. The van der Waals surface area contributed by atoms with Gasteiger partial charge >= 0.3 is 11.9 Å². The fourth-order valence-electron chi connectivity index (χ4n) is 2.81. The molecule has 3 aromatic heterocycles. The number of imidazole rings is 1. The van der Waals surface area contributed by atoms with Crippen molar-refractivity contribution in [3.8, 4) is 11.5 Å².